The van der Waals surface area contributed by atoms with E-state index in [1.54, 1.807) is 0 Å². The highest BCUT2D eigenvalue weighted by molar-refractivity contribution is 7.09. The van der Waals surface area contributed by atoms with Gasteiger partial charge in [0, 0.05) is 12.0 Å². The summed E-state index contributed by atoms with van der Waals surface area (Å²) in [5, 5.41) is 5.74. The summed E-state index contributed by atoms with van der Waals surface area (Å²) in [7, 11) is 0. The molecule has 2 rings (SSSR count). The number of rotatable bonds is 4. The number of carbonyl (C=O) groups excluding carboxylic acids is 1. The molecular formula is C12H17ClN2O2S. The lowest BCUT2D eigenvalue weighted by atomic mass is 9.94. The quantitative estimate of drug-likeness (QED) is 0.864. The molecule has 2 atom stereocenters. The first kappa shape index (κ1) is 13.8. The molecule has 6 heteroatoms. The number of carbonyl (C=O) groups is 1. The summed E-state index contributed by atoms with van der Waals surface area (Å²) in [6.45, 7) is 4.71. The number of nitrogens with one attached hydrogen (secondary N) is 1. The van der Waals surface area contributed by atoms with E-state index in [0.29, 0.717) is 18.9 Å². The largest absolute Gasteiger partial charge is 0.376 e. The highest BCUT2D eigenvalue weighted by Gasteiger charge is 2.38. The van der Waals surface area contributed by atoms with E-state index in [1.165, 1.54) is 11.3 Å². The van der Waals surface area contributed by atoms with Gasteiger partial charge in [0.1, 0.15) is 5.01 Å². The van der Waals surface area contributed by atoms with Crippen molar-refractivity contribution in [1.82, 2.24) is 10.3 Å². The van der Waals surface area contributed by atoms with Crippen LogP contribution in [0.1, 0.15) is 31.0 Å². The number of aromatic nitrogens is 1. The molecule has 4 nitrogen and oxygen atoms in total. The molecule has 0 saturated carbocycles. The second-order valence-electron chi connectivity index (χ2n) is 4.77. The molecule has 0 bridgehead atoms. The van der Waals surface area contributed by atoms with E-state index in [0.717, 1.165) is 17.1 Å². The van der Waals surface area contributed by atoms with Gasteiger partial charge in [0.25, 0.3) is 0 Å². The predicted octanol–water partition coefficient (Wildman–Crippen LogP) is 2.11. The second kappa shape index (κ2) is 5.55. The van der Waals surface area contributed by atoms with Crippen LogP contribution in [0.4, 0.5) is 0 Å². The number of halogens is 1. The van der Waals surface area contributed by atoms with Gasteiger partial charge < -0.3 is 10.1 Å². The first-order valence-electron chi connectivity index (χ1n) is 5.95. The van der Waals surface area contributed by atoms with Crippen LogP contribution in [0.5, 0.6) is 0 Å². The fourth-order valence-electron chi connectivity index (χ4n) is 1.99. The van der Waals surface area contributed by atoms with Crippen LogP contribution in [0.15, 0.2) is 5.38 Å². The lowest BCUT2D eigenvalue weighted by Crippen LogP contribution is -2.51. The first-order valence-corrected chi connectivity index (χ1v) is 7.37. The van der Waals surface area contributed by atoms with Gasteiger partial charge in [-0.05, 0) is 20.3 Å². The predicted molar refractivity (Wildman–Crippen MR) is 72.0 cm³/mol. The zero-order chi connectivity index (χ0) is 13.2. The van der Waals surface area contributed by atoms with E-state index < -0.39 is 0 Å². The Kier molecular flexibility index (Phi) is 4.25. The van der Waals surface area contributed by atoms with Crippen molar-refractivity contribution < 1.29 is 9.53 Å². The Labute approximate surface area is 116 Å². The summed E-state index contributed by atoms with van der Waals surface area (Å²) >= 11 is 7.16. The minimum absolute atomic E-state index is 0.00896. The van der Waals surface area contributed by atoms with Crippen molar-refractivity contribution in [3.63, 3.8) is 0 Å². The van der Waals surface area contributed by atoms with Crippen molar-refractivity contribution in [3.8, 4) is 0 Å². The SMILES string of the molecule is CC1OCCC1(C)NC(=O)Cc1nc(CCl)cs1. The fourth-order valence-corrected chi connectivity index (χ4v) is 3.01. The summed E-state index contributed by atoms with van der Waals surface area (Å²) < 4.78 is 5.50. The third kappa shape index (κ3) is 3.02. The number of amides is 1. The second-order valence-corrected chi connectivity index (χ2v) is 5.98. The Bertz CT molecular complexity index is 437. The van der Waals surface area contributed by atoms with Gasteiger partial charge in [-0.25, -0.2) is 4.98 Å². The standard InChI is InChI=1S/C12H17ClN2O2S/c1-8-12(2,3-4-17-8)15-10(16)5-11-14-9(6-13)7-18-11/h7-8H,3-6H2,1-2H3,(H,15,16). The van der Waals surface area contributed by atoms with Crippen LogP contribution in [-0.4, -0.2) is 29.1 Å². The van der Waals surface area contributed by atoms with Crippen LogP contribution >= 0.6 is 22.9 Å². The summed E-state index contributed by atoms with van der Waals surface area (Å²) in [5.74, 6) is 0.381. The van der Waals surface area contributed by atoms with Crippen LogP contribution in [0.2, 0.25) is 0 Å². The third-order valence-corrected chi connectivity index (χ3v) is 4.53. The average Bonchev–Trinajstić information content (AvgIpc) is 2.87. The van der Waals surface area contributed by atoms with Crippen molar-refractivity contribution in [2.24, 2.45) is 0 Å². The smallest absolute Gasteiger partial charge is 0.227 e. The molecule has 1 N–H and O–H groups in total. The number of nitrogens with zero attached hydrogens (tertiary/aromatic N) is 1. The molecule has 1 aromatic rings. The molecule has 0 aromatic carbocycles. The summed E-state index contributed by atoms with van der Waals surface area (Å²) in [5.41, 5.74) is 0.567. The highest BCUT2D eigenvalue weighted by Crippen LogP contribution is 2.25. The van der Waals surface area contributed by atoms with Crippen molar-refractivity contribution in [1.29, 1.82) is 0 Å². The van der Waals surface area contributed by atoms with E-state index >= 15 is 0 Å². The number of ether oxygens (including phenoxy) is 1. The van der Waals surface area contributed by atoms with Gasteiger partial charge in [0.2, 0.25) is 5.91 Å². The first-order chi connectivity index (χ1) is 8.53. The molecule has 2 unspecified atom stereocenters. The normalized spacial score (nSPS) is 27.4. The Morgan fingerprint density at radius 3 is 3.11 bits per heavy atom. The maximum absolute atomic E-state index is 12.0. The Morgan fingerprint density at radius 1 is 1.78 bits per heavy atom. The van der Waals surface area contributed by atoms with Gasteiger partial charge in [-0.2, -0.15) is 0 Å². The lowest BCUT2D eigenvalue weighted by Gasteiger charge is -2.28. The van der Waals surface area contributed by atoms with E-state index in [9.17, 15) is 4.79 Å². The summed E-state index contributed by atoms with van der Waals surface area (Å²) in [6, 6.07) is 0. The van der Waals surface area contributed by atoms with Gasteiger partial charge in [-0.1, -0.05) is 0 Å². The molecule has 1 aliphatic rings. The molecule has 1 aliphatic heterocycles. The topological polar surface area (TPSA) is 51.2 Å². The lowest BCUT2D eigenvalue weighted by molar-refractivity contribution is -0.122. The number of hydrogen-bond donors (Lipinski definition) is 1. The van der Waals surface area contributed by atoms with Crippen molar-refractivity contribution in [3.05, 3.63) is 16.1 Å². The summed E-state index contributed by atoms with van der Waals surface area (Å²) in [6.07, 6.45) is 1.21. The van der Waals surface area contributed by atoms with Gasteiger partial charge in [-0.3, -0.25) is 4.79 Å². The molecule has 1 amide bonds. The maximum atomic E-state index is 12.0. The molecule has 1 saturated heterocycles. The van der Waals surface area contributed by atoms with Gasteiger partial charge in [0.15, 0.2) is 0 Å². The van der Waals surface area contributed by atoms with Crippen LogP contribution in [0.25, 0.3) is 0 Å². The van der Waals surface area contributed by atoms with Crippen LogP contribution in [0, 0.1) is 0 Å². The van der Waals surface area contributed by atoms with Gasteiger partial charge in [-0.15, -0.1) is 22.9 Å². The Hall–Kier alpha value is -0.650. The van der Waals surface area contributed by atoms with E-state index in [4.69, 9.17) is 16.3 Å². The Morgan fingerprint density at radius 2 is 2.56 bits per heavy atom. The highest BCUT2D eigenvalue weighted by atomic mass is 35.5. The molecule has 1 aromatic heterocycles. The zero-order valence-corrected chi connectivity index (χ0v) is 12.1. The molecule has 0 aliphatic carbocycles. The van der Waals surface area contributed by atoms with E-state index in [1.807, 2.05) is 19.2 Å². The molecule has 2 heterocycles. The van der Waals surface area contributed by atoms with Crippen molar-refractivity contribution >= 4 is 28.8 Å². The fraction of sp³-hybridized carbons (Fsp3) is 0.667. The van der Waals surface area contributed by atoms with Crippen LogP contribution in [0.3, 0.4) is 0 Å². The van der Waals surface area contributed by atoms with E-state index in [2.05, 4.69) is 10.3 Å². The molecule has 0 spiro atoms. The molecule has 100 valence electrons. The van der Waals surface area contributed by atoms with Crippen molar-refractivity contribution in [2.75, 3.05) is 6.61 Å². The van der Waals surface area contributed by atoms with Crippen LogP contribution in [-0.2, 0) is 21.8 Å². The van der Waals surface area contributed by atoms with E-state index in [-0.39, 0.29) is 17.6 Å². The average molecular weight is 289 g/mol. The van der Waals surface area contributed by atoms with Crippen molar-refractivity contribution in [2.45, 2.75) is 44.2 Å². The summed E-state index contributed by atoms with van der Waals surface area (Å²) in [4.78, 5) is 16.3. The molecular weight excluding hydrogens is 272 g/mol. The third-order valence-electron chi connectivity index (χ3n) is 3.36. The monoisotopic (exact) mass is 288 g/mol. The zero-order valence-electron chi connectivity index (χ0n) is 10.5. The number of hydrogen-bond acceptors (Lipinski definition) is 4. The minimum Gasteiger partial charge on any atom is -0.376 e. The van der Waals surface area contributed by atoms with Gasteiger partial charge in [0.05, 0.1) is 29.6 Å². The number of thiazole rings is 1. The maximum Gasteiger partial charge on any atom is 0.227 e. The Balaban J connectivity index is 1.92. The molecule has 0 radical (unpaired) electrons. The number of alkyl halides is 1. The molecule has 1 fully saturated rings. The van der Waals surface area contributed by atoms with Gasteiger partial charge >= 0.3 is 0 Å². The molecule has 18 heavy (non-hydrogen) atoms. The minimum atomic E-state index is -0.260. The van der Waals surface area contributed by atoms with Crippen LogP contribution < -0.4 is 5.32 Å².